The van der Waals surface area contributed by atoms with Gasteiger partial charge in [0.15, 0.2) is 0 Å². The fourth-order valence-corrected chi connectivity index (χ4v) is 2.94. The van der Waals surface area contributed by atoms with E-state index in [9.17, 15) is 0 Å². The van der Waals surface area contributed by atoms with Crippen molar-refractivity contribution < 1.29 is 4.42 Å². The highest BCUT2D eigenvalue weighted by Crippen LogP contribution is 2.32. The second kappa shape index (κ2) is 5.47. The van der Waals surface area contributed by atoms with Crippen molar-refractivity contribution in [2.24, 2.45) is 0 Å². The van der Waals surface area contributed by atoms with E-state index in [0.29, 0.717) is 5.92 Å². The second-order valence-electron chi connectivity index (χ2n) is 6.10. The Hall–Kier alpha value is -1.13. The molecule has 0 aliphatic rings. The van der Waals surface area contributed by atoms with E-state index in [4.69, 9.17) is 9.40 Å². The number of hydrogen-bond acceptors (Lipinski definition) is 4. The lowest BCUT2D eigenvalue weighted by molar-refractivity contribution is 0.425. The van der Waals surface area contributed by atoms with Crippen molar-refractivity contribution >= 4 is 11.3 Å². The number of hydrogen-bond donors (Lipinski definition) is 1. The van der Waals surface area contributed by atoms with Crippen LogP contribution >= 0.6 is 11.3 Å². The van der Waals surface area contributed by atoms with Gasteiger partial charge in [0, 0.05) is 22.5 Å². The van der Waals surface area contributed by atoms with Crippen LogP contribution in [0.3, 0.4) is 0 Å². The lowest BCUT2D eigenvalue weighted by atomic mass is 10.1. The Morgan fingerprint density at radius 3 is 2.63 bits per heavy atom. The highest BCUT2D eigenvalue weighted by molar-refractivity contribution is 7.15. The topological polar surface area (TPSA) is 38.1 Å². The maximum atomic E-state index is 5.14. The summed E-state index contributed by atoms with van der Waals surface area (Å²) in [7, 11) is 0. The van der Waals surface area contributed by atoms with Gasteiger partial charge in [0.25, 0.3) is 0 Å². The highest BCUT2D eigenvalue weighted by Gasteiger charge is 2.17. The number of aromatic nitrogens is 1. The molecule has 0 spiro atoms. The zero-order valence-corrected chi connectivity index (χ0v) is 13.1. The quantitative estimate of drug-likeness (QED) is 0.900. The lowest BCUT2D eigenvalue weighted by Gasteiger charge is -2.20. The van der Waals surface area contributed by atoms with E-state index in [2.05, 4.69) is 39.9 Å². The first-order valence-electron chi connectivity index (χ1n) is 6.64. The van der Waals surface area contributed by atoms with E-state index in [1.807, 2.05) is 6.07 Å². The van der Waals surface area contributed by atoms with E-state index >= 15 is 0 Å². The first-order chi connectivity index (χ1) is 8.87. The molecule has 0 aliphatic heterocycles. The molecule has 0 amide bonds. The summed E-state index contributed by atoms with van der Waals surface area (Å²) in [5.74, 6) is 0.439. The first kappa shape index (κ1) is 14.3. The molecule has 0 aliphatic carbocycles. The number of thiazole rings is 1. The Morgan fingerprint density at radius 1 is 1.37 bits per heavy atom. The number of nitrogens with zero attached hydrogens (tertiary/aromatic N) is 1. The Morgan fingerprint density at radius 2 is 2.11 bits per heavy atom. The summed E-state index contributed by atoms with van der Waals surface area (Å²) < 4.78 is 5.14. The van der Waals surface area contributed by atoms with E-state index in [-0.39, 0.29) is 5.54 Å². The van der Waals surface area contributed by atoms with Crippen molar-refractivity contribution in [3.63, 3.8) is 0 Å². The molecule has 0 bridgehead atoms. The molecule has 1 N–H and O–H groups in total. The normalized spacial score (nSPS) is 12.3. The molecule has 2 aromatic heterocycles. The minimum atomic E-state index is 0.119. The van der Waals surface area contributed by atoms with Crippen LogP contribution in [0.15, 0.2) is 23.0 Å². The molecule has 0 saturated heterocycles. The van der Waals surface area contributed by atoms with Crippen LogP contribution in [0.4, 0.5) is 0 Å². The molecule has 2 rings (SSSR count). The van der Waals surface area contributed by atoms with Gasteiger partial charge in [-0.2, -0.15) is 0 Å². The number of rotatable bonds is 4. The Bertz CT molecular complexity index is 521. The van der Waals surface area contributed by atoms with Crippen LogP contribution in [0.1, 0.15) is 51.1 Å². The Kier molecular flexibility index (Phi) is 4.11. The molecule has 0 fully saturated rings. The molecule has 0 saturated carbocycles. The van der Waals surface area contributed by atoms with Crippen molar-refractivity contribution in [3.05, 3.63) is 29.2 Å². The summed E-state index contributed by atoms with van der Waals surface area (Å²) in [6.45, 7) is 11.8. The van der Waals surface area contributed by atoms with Crippen LogP contribution in [0, 0.1) is 0 Å². The van der Waals surface area contributed by atoms with Crippen LogP contribution in [0.5, 0.6) is 0 Å². The summed E-state index contributed by atoms with van der Waals surface area (Å²) in [5, 5.41) is 4.58. The third kappa shape index (κ3) is 3.67. The van der Waals surface area contributed by atoms with Crippen molar-refractivity contribution in [2.45, 2.75) is 52.6 Å². The van der Waals surface area contributed by atoms with Gasteiger partial charge >= 0.3 is 0 Å². The van der Waals surface area contributed by atoms with Gasteiger partial charge in [-0.3, -0.25) is 0 Å². The first-order valence-corrected chi connectivity index (χ1v) is 7.45. The molecule has 19 heavy (non-hydrogen) atoms. The van der Waals surface area contributed by atoms with Gasteiger partial charge in [-0.15, -0.1) is 11.3 Å². The zero-order chi connectivity index (χ0) is 14.0. The van der Waals surface area contributed by atoms with Crippen molar-refractivity contribution in [2.75, 3.05) is 0 Å². The Labute approximate surface area is 119 Å². The molecule has 104 valence electrons. The fourth-order valence-electron chi connectivity index (χ4n) is 1.80. The maximum Gasteiger partial charge on any atom is 0.127 e. The van der Waals surface area contributed by atoms with Crippen molar-refractivity contribution in [1.29, 1.82) is 0 Å². The molecule has 4 heteroatoms. The standard InChI is InChI=1S/C15H22N2OS/c1-10(2)13-12(8-16-15(3,4)5)19-14(17-13)11-6-7-18-9-11/h6-7,9-10,16H,8H2,1-5H3. The lowest BCUT2D eigenvalue weighted by Crippen LogP contribution is -2.35. The minimum absolute atomic E-state index is 0.119. The monoisotopic (exact) mass is 278 g/mol. The maximum absolute atomic E-state index is 5.14. The fraction of sp³-hybridized carbons (Fsp3) is 0.533. The SMILES string of the molecule is CC(C)c1nc(-c2ccoc2)sc1CNC(C)(C)C. The number of furan rings is 1. The Balaban J connectivity index is 2.26. The van der Waals surface area contributed by atoms with Crippen LogP contribution in [-0.4, -0.2) is 10.5 Å². The van der Waals surface area contributed by atoms with E-state index < -0.39 is 0 Å². The van der Waals surface area contributed by atoms with Gasteiger partial charge < -0.3 is 9.73 Å². The molecular formula is C15H22N2OS. The summed E-state index contributed by atoms with van der Waals surface area (Å²) >= 11 is 1.75. The molecule has 3 nitrogen and oxygen atoms in total. The second-order valence-corrected chi connectivity index (χ2v) is 7.18. The molecular weight excluding hydrogens is 256 g/mol. The number of nitrogens with one attached hydrogen (secondary N) is 1. The summed E-state index contributed by atoms with van der Waals surface area (Å²) in [6.07, 6.45) is 3.45. The minimum Gasteiger partial charge on any atom is -0.472 e. The van der Waals surface area contributed by atoms with Gasteiger partial charge in [0.05, 0.1) is 12.0 Å². The molecule has 0 radical (unpaired) electrons. The highest BCUT2D eigenvalue weighted by atomic mass is 32.1. The van der Waals surface area contributed by atoms with E-state index in [1.165, 1.54) is 10.6 Å². The smallest absolute Gasteiger partial charge is 0.127 e. The largest absolute Gasteiger partial charge is 0.472 e. The third-order valence-corrected chi connectivity index (χ3v) is 3.94. The van der Waals surface area contributed by atoms with Crippen LogP contribution in [-0.2, 0) is 6.54 Å². The van der Waals surface area contributed by atoms with Gasteiger partial charge in [-0.1, -0.05) is 13.8 Å². The van der Waals surface area contributed by atoms with E-state index in [1.54, 1.807) is 23.9 Å². The zero-order valence-electron chi connectivity index (χ0n) is 12.3. The van der Waals surface area contributed by atoms with Crippen molar-refractivity contribution in [1.82, 2.24) is 10.3 Å². The third-order valence-electron chi connectivity index (χ3n) is 2.82. The summed E-state index contributed by atoms with van der Waals surface area (Å²) in [6, 6.07) is 1.96. The van der Waals surface area contributed by atoms with Gasteiger partial charge in [0.2, 0.25) is 0 Å². The molecule has 2 aromatic rings. The van der Waals surface area contributed by atoms with Gasteiger partial charge in [0.1, 0.15) is 11.3 Å². The summed E-state index contributed by atoms with van der Waals surface area (Å²) in [5.41, 5.74) is 2.38. The molecule has 2 heterocycles. The molecule has 0 atom stereocenters. The predicted octanol–water partition coefficient (Wildman–Crippen LogP) is 4.41. The van der Waals surface area contributed by atoms with E-state index in [0.717, 1.165) is 17.1 Å². The molecule has 0 unspecified atom stereocenters. The van der Waals surface area contributed by atoms with Crippen LogP contribution in [0.2, 0.25) is 0 Å². The average Bonchev–Trinajstić information content (AvgIpc) is 2.94. The van der Waals surface area contributed by atoms with Crippen molar-refractivity contribution in [3.8, 4) is 10.6 Å². The van der Waals surface area contributed by atoms with Gasteiger partial charge in [-0.25, -0.2) is 4.98 Å². The average molecular weight is 278 g/mol. The van der Waals surface area contributed by atoms with Crippen LogP contribution < -0.4 is 5.32 Å². The predicted molar refractivity (Wildman–Crippen MR) is 80.5 cm³/mol. The van der Waals surface area contributed by atoms with Gasteiger partial charge in [-0.05, 0) is 32.8 Å². The van der Waals surface area contributed by atoms with Crippen LogP contribution in [0.25, 0.3) is 10.6 Å². The molecule has 0 aromatic carbocycles. The summed E-state index contributed by atoms with van der Waals surface area (Å²) in [4.78, 5) is 6.09.